The van der Waals surface area contributed by atoms with Gasteiger partial charge in [0.05, 0.1) is 19.0 Å². The van der Waals surface area contributed by atoms with Crippen molar-refractivity contribution in [1.82, 2.24) is 4.57 Å². The van der Waals surface area contributed by atoms with Crippen LogP contribution < -0.4 is 16.1 Å². The molecule has 0 aliphatic carbocycles. The van der Waals surface area contributed by atoms with Gasteiger partial charge in [-0.05, 0) is 18.2 Å². The molecule has 1 aromatic carbocycles. The molecule has 106 valence electrons. The molecular weight excluding hydrogens is 272 g/mol. The van der Waals surface area contributed by atoms with E-state index in [0.29, 0.717) is 5.75 Å². The third-order valence-corrected chi connectivity index (χ3v) is 2.59. The summed E-state index contributed by atoms with van der Waals surface area (Å²) in [4.78, 5) is 37.8. The Balaban J connectivity index is 2.47. The molecule has 20 heavy (non-hydrogen) atoms. The molecule has 0 bridgehead atoms. The van der Waals surface area contributed by atoms with E-state index in [-0.39, 0.29) is 17.5 Å². The molecule has 2 rings (SSSR count). The molecule has 0 spiro atoms. The fraction of sp³-hybridized carbons (Fsp3) is 0.273. The van der Waals surface area contributed by atoms with E-state index < -0.39 is 23.0 Å². The Labute approximate surface area is 111 Å². The van der Waals surface area contributed by atoms with Gasteiger partial charge in [-0.25, -0.2) is 9.36 Å². The van der Waals surface area contributed by atoms with Gasteiger partial charge >= 0.3 is 5.76 Å². The van der Waals surface area contributed by atoms with Gasteiger partial charge in [-0.2, -0.15) is 0 Å². The minimum atomic E-state index is -1.00. The van der Waals surface area contributed by atoms with Crippen LogP contribution in [0.3, 0.4) is 0 Å². The topological polar surface area (TPSA) is 114 Å². The van der Waals surface area contributed by atoms with Crippen LogP contribution in [0.5, 0.6) is 5.75 Å². The Bertz CT molecular complexity index is 761. The van der Waals surface area contributed by atoms with Crippen molar-refractivity contribution in [2.24, 2.45) is 0 Å². The molecule has 0 N–H and O–H groups in total. The number of nitrogens with zero attached hydrogens (tertiary/aromatic N) is 2. The van der Waals surface area contributed by atoms with Crippen molar-refractivity contribution in [2.75, 3.05) is 13.7 Å². The van der Waals surface area contributed by atoms with Gasteiger partial charge in [0.2, 0.25) is 0 Å². The lowest BCUT2D eigenvalue weighted by atomic mass is 10.2. The second-order valence-electron chi connectivity index (χ2n) is 3.74. The zero-order valence-electron chi connectivity index (χ0n) is 10.4. The number of benzene rings is 1. The molecular formula is C11H10N2O7. The molecule has 0 fully saturated rings. The highest BCUT2D eigenvalue weighted by atomic mass is 16.9. The highest BCUT2D eigenvalue weighted by Crippen LogP contribution is 2.16. The van der Waals surface area contributed by atoms with Crippen LogP contribution >= 0.6 is 0 Å². The van der Waals surface area contributed by atoms with Crippen molar-refractivity contribution >= 4 is 11.0 Å². The van der Waals surface area contributed by atoms with Gasteiger partial charge < -0.3 is 14.0 Å². The summed E-state index contributed by atoms with van der Waals surface area (Å²) in [5.74, 6) is -0.476. The summed E-state index contributed by atoms with van der Waals surface area (Å²) >= 11 is 0. The van der Waals surface area contributed by atoms with Crippen molar-refractivity contribution in [3.63, 3.8) is 0 Å². The summed E-state index contributed by atoms with van der Waals surface area (Å²) in [6.45, 7) is -0.706. The van der Waals surface area contributed by atoms with Crippen molar-refractivity contribution in [3.05, 3.63) is 49.2 Å². The standard InChI is InChI=1S/C11H10N2O7/c1-18-7-2-3-9-8(6-7)10(14)12(11(15)20-9)4-5-19-13(16)17/h2-3,6H,4-5H2,1H3. The monoisotopic (exact) mass is 282 g/mol. The van der Waals surface area contributed by atoms with Crippen molar-refractivity contribution in [3.8, 4) is 5.75 Å². The molecule has 1 aromatic heterocycles. The van der Waals surface area contributed by atoms with Crippen molar-refractivity contribution in [1.29, 1.82) is 0 Å². The Morgan fingerprint density at radius 1 is 1.40 bits per heavy atom. The summed E-state index contributed by atoms with van der Waals surface area (Å²) in [6.07, 6.45) is 0. The van der Waals surface area contributed by atoms with Gasteiger partial charge in [0.25, 0.3) is 10.6 Å². The fourth-order valence-electron chi connectivity index (χ4n) is 1.67. The first kappa shape index (κ1) is 13.6. The van der Waals surface area contributed by atoms with Crippen LogP contribution in [0.25, 0.3) is 11.0 Å². The molecule has 0 unspecified atom stereocenters. The lowest BCUT2D eigenvalue weighted by Gasteiger charge is -2.05. The smallest absolute Gasteiger partial charge is 0.422 e. The van der Waals surface area contributed by atoms with Crippen LogP contribution in [0.2, 0.25) is 0 Å². The zero-order valence-corrected chi connectivity index (χ0v) is 10.4. The van der Waals surface area contributed by atoms with Crippen LogP contribution in [-0.4, -0.2) is 23.4 Å². The SMILES string of the molecule is COc1ccc2oc(=O)n(CCO[N+](=O)[O-])c(=O)c2c1. The molecule has 1 heterocycles. The third kappa shape index (κ3) is 2.60. The largest absolute Gasteiger partial charge is 0.497 e. The Morgan fingerprint density at radius 3 is 2.80 bits per heavy atom. The quantitative estimate of drug-likeness (QED) is 0.567. The summed E-state index contributed by atoms with van der Waals surface area (Å²) < 4.78 is 10.7. The first-order valence-corrected chi connectivity index (χ1v) is 5.52. The molecule has 9 heteroatoms. The Hall–Kier alpha value is -2.84. The van der Waals surface area contributed by atoms with Gasteiger partial charge in [-0.1, -0.05) is 0 Å². The highest BCUT2D eigenvalue weighted by Gasteiger charge is 2.11. The van der Waals surface area contributed by atoms with Crippen LogP contribution in [0.15, 0.2) is 32.2 Å². The average Bonchev–Trinajstić information content (AvgIpc) is 2.42. The molecule has 0 aliphatic heterocycles. The summed E-state index contributed by atoms with van der Waals surface area (Å²) in [5, 5.41) is 9.17. The molecule has 0 atom stereocenters. The number of fused-ring (bicyclic) bond motifs is 1. The zero-order chi connectivity index (χ0) is 14.7. The van der Waals surface area contributed by atoms with Gasteiger partial charge in [-0.15, -0.1) is 10.1 Å². The van der Waals surface area contributed by atoms with Crippen molar-refractivity contribution in [2.45, 2.75) is 6.54 Å². The summed E-state index contributed by atoms with van der Waals surface area (Å²) in [6, 6.07) is 4.41. The number of hydrogen-bond acceptors (Lipinski definition) is 7. The Kier molecular flexibility index (Phi) is 3.69. The van der Waals surface area contributed by atoms with E-state index in [1.54, 1.807) is 6.07 Å². The minimum Gasteiger partial charge on any atom is -0.497 e. The summed E-state index contributed by atoms with van der Waals surface area (Å²) in [5.41, 5.74) is -0.505. The van der Waals surface area contributed by atoms with E-state index in [9.17, 15) is 19.7 Å². The maximum atomic E-state index is 12.1. The van der Waals surface area contributed by atoms with E-state index in [2.05, 4.69) is 4.84 Å². The maximum absolute atomic E-state index is 12.1. The highest BCUT2D eigenvalue weighted by molar-refractivity contribution is 5.77. The van der Waals surface area contributed by atoms with E-state index >= 15 is 0 Å². The lowest BCUT2D eigenvalue weighted by molar-refractivity contribution is -0.758. The number of aromatic nitrogens is 1. The molecule has 0 amide bonds. The first-order chi connectivity index (χ1) is 9.52. The van der Waals surface area contributed by atoms with Crippen LogP contribution in [-0.2, 0) is 11.4 Å². The number of methoxy groups -OCH3 is 1. The second kappa shape index (κ2) is 5.43. The van der Waals surface area contributed by atoms with E-state index in [0.717, 1.165) is 4.57 Å². The molecule has 2 aromatic rings. The maximum Gasteiger partial charge on any atom is 0.422 e. The molecule has 0 aliphatic rings. The lowest BCUT2D eigenvalue weighted by Crippen LogP contribution is -2.34. The summed E-state index contributed by atoms with van der Waals surface area (Å²) in [7, 11) is 1.43. The van der Waals surface area contributed by atoms with Crippen LogP contribution in [0.1, 0.15) is 0 Å². The normalized spacial score (nSPS) is 10.4. The second-order valence-corrected chi connectivity index (χ2v) is 3.74. The first-order valence-electron chi connectivity index (χ1n) is 5.52. The average molecular weight is 282 g/mol. The molecule has 0 saturated heterocycles. The number of hydrogen-bond donors (Lipinski definition) is 0. The van der Waals surface area contributed by atoms with E-state index in [4.69, 9.17) is 9.15 Å². The predicted molar refractivity (Wildman–Crippen MR) is 66.2 cm³/mol. The number of ether oxygens (including phenoxy) is 1. The van der Waals surface area contributed by atoms with Gasteiger partial charge in [0, 0.05) is 0 Å². The molecule has 9 nitrogen and oxygen atoms in total. The van der Waals surface area contributed by atoms with E-state index in [1.807, 2.05) is 0 Å². The van der Waals surface area contributed by atoms with Gasteiger partial charge in [-0.3, -0.25) is 4.79 Å². The predicted octanol–water partition coefficient (Wildman–Crippen LogP) is 0.172. The molecule has 0 saturated carbocycles. The van der Waals surface area contributed by atoms with Gasteiger partial charge in [0.1, 0.15) is 17.9 Å². The molecule has 0 radical (unpaired) electrons. The van der Waals surface area contributed by atoms with Gasteiger partial charge in [0.15, 0.2) is 0 Å². The number of rotatable bonds is 5. The van der Waals surface area contributed by atoms with E-state index in [1.165, 1.54) is 19.2 Å². The third-order valence-electron chi connectivity index (χ3n) is 2.59. The Morgan fingerprint density at radius 2 is 2.15 bits per heavy atom. The van der Waals surface area contributed by atoms with Crippen LogP contribution in [0.4, 0.5) is 0 Å². The fourth-order valence-corrected chi connectivity index (χ4v) is 1.67. The van der Waals surface area contributed by atoms with Crippen molar-refractivity contribution < 1.29 is 19.1 Å². The van der Waals surface area contributed by atoms with Crippen LogP contribution in [0, 0.1) is 10.1 Å². The minimum absolute atomic E-state index is 0.118.